The summed E-state index contributed by atoms with van der Waals surface area (Å²) in [7, 11) is 1.26. The number of benzene rings is 2. The molecule has 4 N–H and O–H groups in total. The minimum atomic E-state index is -1.46. The second kappa shape index (κ2) is 7.12. The summed E-state index contributed by atoms with van der Waals surface area (Å²) in [6.07, 6.45) is -4.45. The number of para-hydroxylation sites is 2. The maximum absolute atomic E-state index is 12.4. The quantitative estimate of drug-likeness (QED) is 0.447. The van der Waals surface area contributed by atoms with Gasteiger partial charge in [-0.3, -0.25) is 0 Å². The van der Waals surface area contributed by atoms with Gasteiger partial charge in [0.15, 0.2) is 17.6 Å². The number of carbonyl (C=O) groups excluding carboxylic acids is 1. The van der Waals surface area contributed by atoms with E-state index in [0.29, 0.717) is 0 Å². The number of rotatable bonds is 3. The molecule has 0 bridgehead atoms. The number of phenols is 2. The van der Waals surface area contributed by atoms with Crippen LogP contribution >= 0.6 is 0 Å². The van der Waals surface area contributed by atoms with Gasteiger partial charge in [0, 0.05) is 5.56 Å². The van der Waals surface area contributed by atoms with Crippen molar-refractivity contribution in [2.75, 3.05) is 7.11 Å². The number of phenolic OH excluding ortho intramolecular Hbond substituents is 2. The van der Waals surface area contributed by atoms with Crippen LogP contribution in [0.2, 0.25) is 0 Å². The van der Waals surface area contributed by atoms with Gasteiger partial charge in [0.2, 0.25) is 5.75 Å². The number of ether oxygens (including phenoxy) is 3. The molecule has 1 aromatic heterocycles. The van der Waals surface area contributed by atoms with Crippen LogP contribution in [0.4, 0.5) is 0 Å². The van der Waals surface area contributed by atoms with E-state index in [9.17, 15) is 25.2 Å². The molecular weight excluding hydrogens is 408 g/mol. The van der Waals surface area contributed by atoms with Gasteiger partial charge in [0.05, 0.1) is 36.6 Å². The highest BCUT2D eigenvalue weighted by atomic mass is 16.6. The van der Waals surface area contributed by atoms with Crippen LogP contribution in [0.25, 0.3) is 11.0 Å². The highest BCUT2D eigenvalue weighted by molar-refractivity contribution is 5.95. The SMILES string of the molecule is COc1c(O)cc2c(c1O)[C@@H]1O[C@H](Cn3cnc4ccccc43)[C@@H](O)[C@H](O)[C@H]1OC2=O. The van der Waals surface area contributed by atoms with E-state index in [4.69, 9.17) is 14.2 Å². The second-order valence-electron chi connectivity index (χ2n) is 7.57. The molecule has 1 saturated heterocycles. The Bertz CT molecular complexity index is 1180. The Hall–Kier alpha value is -3.34. The van der Waals surface area contributed by atoms with Crippen molar-refractivity contribution in [2.24, 2.45) is 0 Å². The first-order chi connectivity index (χ1) is 14.9. The molecule has 2 aliphatic rings. The lowest BCUT2D eigenvalue weighted by molar-refractivity contribution is -0.231. The lowest BCUT2D eigenvalue weighted by Crippen LogP contribution is -2.58. The smallest absolute Gasteiger partial charge is 0.339 e. The predicted octanol–water partition coefficient (Wildman–Crippen LogP) is 0.857. The van der Waals surface area contributed by atoms with Crippen LogP contribution in [0.3, 0.4) is 0 Å². The largest absolute Gasteiger partial charge is 0.504 e. The summed E-state index contributed by atoms with van der Waals surface area (Å²) in [5.41, 5.74) is 1.51. The van der Waals surface area contributed by atoms with Crippen molar-refractivity contribution in [3.8, 4) is 17.2 Å². The Morgan fingerprint density at radius 3 is 2.74 bits per heavy atom. The summed E-state index contributed by atoms with van der Waals surface area (Å²) >= 11 is 0. The van der Waals surface area contributed by atoms with Crippen LogP contribution in [0, 0.1) is 0 Å². The van der Waals surface area contributed by atoms with Crippen LogP contribution in [0.5, 0.6) is 17.2 Å². The lowest BCUT2D eigenvalue weighted by Gasteiger charge is -2.45. The third kappa shape index (κ3) is 2.91. The van der Waals surface area contributed by atoms with Crippen molar-refractivity contribution in [3.63, 3.8) is 0 Å². The fraction of sp³-hybridized carbons (Fsp3) is 0.333. The van der Waals surface area contributed by atoms with Gasteiger partial charge in [-0.25, -0.2) is 9.78 Å². The first kappa shape index (κ1) is 19.6. The number of fused-ring (bicyclic) bond motifs is 4. The van der Waals surface area contributed by atoms with Gasteiger partial charge in [-0.15, -0.1) is 0 Å². The summed E-state index contributed by atoms with van der Waals surface area (Å²) in [6.45, 7) is 0.154. The number of imidazole rings is 1. The third-order valence-corrected chi connectivity index (χ3v) is 5.82. The van der Waals surface area contributed by atoms with Crippen molar-refractivity contribution < 1.29 is 39.4 Å². The van der Waals surface area contributed by atoms with E-state index >= 15 is 0 Å². The fourth-order valence-electron chi connectivity index (χ4n) is 4.30. The van der Waals surface area contributed by atoms with E-state index in [2.05, 4.69) is 4.98 Å². The Morgan fingerprint density at radius 1 is 1.19 bits per heavy atom. The van der Waals surface area contributed by atoms with E-state index in [1.165, 1.54) is 7.11 Å². The molecule has 31 heavy (non-hydrogen) atoms. The number of aromatic nitrogens is 2. The molecule has 3 aromatic rings. The van der Waals surface area contributed by atoms with Gasteiger partial charge < -0.3 is 39.2 Å². The van der Waals surface area contributed by atoms with Gasteiger partial charge in [-0.05, 0) is 18.2 Å². The number of hydrogen-bond acceptors (Lipinski definition) is 9. The van der Waals surface area contributed by atoms with Crippen molar-refractivity contribution in [1.82, 2.24) is 9.55 Å². The maximum atomic E-state index is 12.4. The zero-order chi connectivity index (χ0) is 21.9. The molecule has 5 rings (SSSR count). The van der Waals surface area contributed by atoms with Crippen LogP contribution < -0.4 is 4.74 Å². The number of aromatic hydroxyl groups is 2. The van der Waals surface area contributed by atoms with Crippen LogP contribution in [0.1, 0.15) is 22.0 Å². The minimum Gasteiger partial charge on any atom is -0.504 e. The molecule has 1 fully saturated rings. The molecule has 5 atom stereocenters. The summed E-state index contributed by atoms with van der Waals surface area (Å²) in [5, 5.41) is 42.1. The zero-order valence-electron chi connectivity index (χ0n) is 16.4. The molecule has 2 aliphatic heterocycles. The number of aliphatic hydroxyl groups is 2. The first-order valence-corrected chi connectivity index (χ1v) is 9.66. The standard InChI is InChI=1S/C21H20N2O8/c1-29-18-12(24)6-9-14(16(18)26)19-20(31-21(9)28)17(27)15(25)13(30-19)7-23-8-22-10-4-2-3-5-11(10)23/h2-6,8,13,15,17,19-20,24-27H,7H2,1H3/t13-,15-,17+,19+,20-/m1/s1. The number of aliphatic hydroxyl groups excluding tert-OH is 2. The molecule has 0 amide bonds. The third-order valence-electron chi connectivity index (χ3n) is 5.82. The normalized spacial score (nSPS) is 27.5. The van der Waals surface area contributed by atoms with Crippen molar-refractivity contribution in [1.29, 1.82) is 0 Å². The molecule has 0 aliphatic carbocycles. The fourth-order valence-corrected chi connectivity index (χ4v) is 4.30. The van der Waals surface area contributed by atoms with Crippen molar-refractivity contribution >= 4 is 17.0 Å². The zero-order valence-corrected chi connectivity index (χ0v) is 16.4. The van der Waals surface area contributed by atoms with Gasteiger partial charge in [-0.1, -0.05) is 12.1 Å². The molecule has 2 aromatic carbocycles. The van der Waals surface area contributed by atoms with E-state index in [1.54, 1.807) is 10.9 Å². The predicted molar refractivity (Wildman–Crippen MR) is 105 cm³/mol. The molecule has 0 saturated carbocycles. The van der Waals surface area contributed by atoms with E-state index in [1.807, 2.05) is 24.3 Å². The maximum Gasteiger partial charge on any atom is 0.339 e. The molecule has 0 spiro atoms. The van der Waals surface area contributed by atoms with Gasteiger partial charge in [0.1, 0.15) is 24.4 Å². The van der Waals surface area contributed by atoms with Gasteiger partial charge in [0.25, 0.3) is 0 Å². The van der Waals surface area contributed by atoms with Crippen LogP contribution in [-0.4, -0.2) is 67.5 Å². The van der Waals surface area contributed by atoms with Gasteiger partial charge >= 0.3 is 5.97 Å². The monoisotopic (exact) mass is 428 g/mol. The minimum absolute atomic E-state index is 0.0299. The molecular formula is C21H20N2O8. The number of carbonyl (C=O) groups is 1. The molecule has 10 heteroatoms. The number of hydrogen-bond donors (Lipinski definition) is 4. The average molecular weight is 428 g/mol. The second-order valence-corrected chi connectivity index (χ2v) is 7.57. The summed E-state index contributed by atoms with van der Waals surface area (Å²) in [4.78, 5) is 16.7. The molecule has 10 nitrogen and oxygen atoms in total. The van der Waals surface area contributed by atoms with Crippen LogP contribution in [-0.2, 0) is 16.0 Å². The molecule has 0 radical (unpaired) electrons. The van der Waals surface area contributed by atoms with E-state index < -0.39 is 48.0 Å². The van der Waals surface area contributed by atoms with Gasteiger partial charge in [-0.2, -0.15) is 0 Å². The number of methoxy groups -OCH3 is 1. The topological polar surface area (TPSA) is 144 Å². The highest BCUT2D eigenvalue weighted by Gasteiger charge is 2.52. The Labute approximate surface area is 175 Å². The molecule has 3 heterocycles. The Kier molecular flexibility index (Phi) is 4.50. The summed E-state index contributed by atoms with van der Waals surface area (Å²) < 4.78 is 18.2. The Morgan fingerprint density at radius 2 is 1.97 bits per heavy atom. The lowest BCUT2D eigenvalue weighted by atomic mass is 9.86. The number of esters is 1. The first-order valence-electron chi connectivity index (χ1n) is 9.66. The van der Waals surface area contributed by atoms with Crippen LogP contribution in [0.15, 0.2) is 36.7 Å². The van der Waals surface area contributed by atoms with Crippen molar-refractivity contribution in [2.45, 2.75) is 37.1 Å². The molecule has 162 valence electrons. The van der Waals surface area contributed by atoms with E-state index in [-0.39, 0.29) is 23.4 Å². The molecule has 0 unspecified atom stereocenters. The average Bonchev–Trinajstić information content (AvgIpc) is 3.16. The van der Waals surface area contributed by atoms with E-state index in [0.717, 1.165) is 17.1 Å². The summed E-state index contributed by atoms with van der Waals surface area (Å²) in [5.74, 6) is -2.02. The Balaban J connectivity index is 1.55. The van der Waals surface area contributed by atoms with Crippen molar-refractivity contribution in [3.05, 3.63) is 47.8 Å². The summed E-state index contributed by atoms with van der Waals surface area (Å²) in [6, 6.07) is 8.55. The highest BCUT2D eigenvalue weighted by Crippen LogP contribution is 2.50. The number of nitrogens with zero attached hydrogens (tertiary/aromatic N) is 2.